The smallest absolute Gasteiger partial charge is 0.200 e. The van der Waals surface area contributed by atoms with Gasteiger partial charge in [0.1, 0.15) is 0 Å². The van der Waals surface area contributed by atoms with Crippen molar-refractivity contribution in [2.45, 2.75) is 78.1 Å². The largest absolute Gasteiger partial charge is 0.490 e. The van der Waals surface area contributed by atoms with Gasteiger partial charge in [-0.2, -0.15) is 4.39 Å². The van der Waals surface area contributed by atoms with Crippen molar-refractivity contribution in [2.24, 2.45) is 11.8 Å². The van der Waals surface area contributed by atoms with Crippen LogP contribution < -0.4 is 4.74 Å². The van der Waals surface area contributed by atoms with Gasteiger partial charge >= 0.3 is 0 Å². The molecule has 0 N–H and O–H groups in total. The van der Waals surface area contributed by atoms with Crippen molar-refractivity contribution < 1.29 is 13.5 Å². The molecule has 3 heteroatoms. The highest BCUT2D eigenvalue weighted by atomic mass is 19.2. The van der Waals surface area contributed by atoms with E-state index in [-0.39, 0.29) is 5.75 Å². The molecule has 0 spiro atoms. The maximum absolute atomic E-state index is 14.1. The Kier molecular flexibility index (Phi) is 8.01. The van der Waals surface area contributed by atoms with Gasteiger partial charge < -0.3 is 4.74 Å². The van der Waals surface area contributed by atoms with Crippen molar-refractivity contribution in [3.05, 3.63) is 29.3 Å². The van der Waals surface area contributed by atoms with Crippen LogP contribution in [0, 0.1) is 23.5 Å². The normalized spacial score (nSPS) is 21.0. The zero-order valence-corrected chi connectivity index (χ0v) is 15.3. The number of halogens is 2. The van der Waals surface area contributed by atoms with Gasteiger partial charge in [0.25, 0.3) is 0 Å². The zero-order chi connectivity index (χ0) is 17.4. The maximum Gasteiger partial charge on any atom is 0.200 e. The molecule has 0 bridgehead atoms. The molecular weight excluding hydrogens is 306 g/mol. The third-order valence-corrected chi connectivity index (χ3v) is 5.30. The molecule has 1 aliphatic rings. The standard InChI is InChI=1S/C21H32F2O/c1-3-5-6-8-16-9-11-17(12-10-16)15-24-19-14-13-18(7-4-2)20(22)21(19)23/h13-14,16-17H,3-12,15H2,1-2H3/t16-,17-. The first kappa shape index (κ1) is 19.2. The van der Waals surface area contributed by atoms with Crippen molar-refractivity contribution in [1.29, 1.82) is 0 Å². The van der Waals surface area contributed by atoms with E-state index in [1.165, 1.54) is 38.5 Å². The van der Waals surface area contributed by atoms with E-state index in [2.05, 4.69) is 6.92 Å². The van der Waals surface area contributed by atoms with Gasteiger partial charge in [-0.1, -0.05) is 64.9 Å². The second-order valence-corrected chi connectivity index (χ2v) is 7.29. The van der Waals surface area contributed by atoms with Gasteiger partial charge in [-0.15, -0.1) is 0 Å². The van der Waals surface area contributed by atoms with E-state index < -0.39 is 11.6 Å². The first-order valence-corrected chi connectivity index (χ1v) is 9.75. The van der Waals surface area contributed by atoms with Crippen LogP contribution in [0.15, 0.2) is 12.1 Å². The van der Waals surface area contributed by atoms with E-state index in [1.807, 2.05) is 6.92 Å². The van der Waals surface area contributed by atoms with E-state index in [1.54, 1.807) is 12.1 Å². The summed E-state index contributed by atoms with van der Waals surface area (Å²) in [6, 6.07) is 3.24. The molecule has 1 saturated carbocycles. The van der Waals surface area contributed by atoms with Gasteiger partial charge in [0.05, 0.1) is 6.61 Å². The van der Waals surface area contributed by atoms with Crippen molar-refractivity contribution in [3.8, 4) is 5.75 Å². The number of rotatable bonds is 9. The van der Waals surface area contributed by atoms with Gasteiger partial charge in [0.15, 0.2) is 11.6 Å². The van der Waals surface area contributed by atoms with Crippen LogP contribution in [0.4, 0.5) is 8.78 Å². The monoisotopic (exact) mass is 338 g/mol. The Morgan fingerprint density at radius 2 is 1.62 bits per heavy atom. The lowest BCUT2D eigenvalue weighted by molar-refractivity contribution is 0.172. The van der Waals surface area contributed by atoms with E-state index in [0.717, 1.165) is 25.2 Å². The number of aryl methyl sites for hydroxylation is 1. The molecule has 0 heterocycles. The fourth-order valence-corrected chi connectivity index (χ4v) is 3.72. The molecule has 0 unspecified atom stereocenters. The molecule has 1 fully saturated rings. The van der Waals surface area contributed by atoms with Crippen molar-refractivity contribution in [3.63, 3.8) is 0 Å². The van der Waals surface area contributed by atoms with Crippen LogP contribution in [0.3, 0.4) is 0 Å². The fraction of sp³-hybridized carbons (Fsp3) is 0.714. The summed E-state index contributed by atoms with van der Waals surface area (Å²) in [5.74, 6) is -0.166. The highest BCUT2D eigenvalue weighted by Gasteiger charge is 2.22. The average Bonchev–Trinajstić information content (AvgIpc) is 2.60. The van der Waals surface area contributed by atoms with Gasteiger partial charge in [-0.05, 0) is 42.7 Å². The summed E-state index contributed by atoms with van der Waals surface area (Å²) >= 11 is 0. The summed E-state index contributed by atoms with van der Waals surface area (Å²) in [5, 5.41) is 0. The number of ether oxygens (including phenoxy) is 1. The van der Waals surface area contributed by atoms with Gasteiger partial charge in [-0.3, -0.25) is 0 Å². The topological polar surface area (TPSA) is 9.23 Å². The minimum Gasteiger partial charge on any atom is -0.490 e. The van der Waals surface area contributed by atoms with Gasteiger partial charge in [-0.25, -0.2) is 4.39 Å². The second kappa shape index (κ2) is 10.0. The second-order valence-electron chi connectivity index (χ2n) is 7.29. The quantitative estimate of drug-likeness (QED) is 0.456. The van der Waals surface area contributed by atoms with Crippen LogP contribution in [0.2, 0.25) is 0 Å². The summed E-state index contributed by atoms with van der Waals surface area (Å²) in [7, 11) is 0. The summed E-state index contributed by atoms with van der Waals surface area (Å²) in [5.41, 5.74) is 0.440. The van der Waals surface area contributed by atoms with E-state index in [4.69, 9.17) is 4.74 Å². The molecule has 0 radical (unpaired) electrons. The van der Waals surface area contributed by atoms with E-state index in [9.17, 15) is 8.78 Å². The highest BCUT2D eigenvalue weighted by Crippen LogP contribution is 2.33. The Balaban J connectivity index is 1.77. The summed E-state index contributed by atoms with van der Waals surface area (Å²) in [4.78, 5) is 0. The number of benzene rings is 1. The first-order chi connectivity index (χ1) is 11.7. The number of hydrogen-bond acceptors (Lipinski definition) is 1. The third kappa shape index (κ3) is 5.46. The van der Waals surface area contributed by atoms with Gasteiger partial charge in [0, 0.05) is 0 Å². The lowest BCUT2D eigenvalue weighted by atomic mass is 9.80. The van der Waals surface area contributed by atoms with Crippen LogP contribution in [-0.2, 0) is 6.42 Å². The Morgan fingerprint density at radius 1 is 0.917 bits per heavy atom. The van der Waals surface area contributed by atoms with Crippen molar-refractivity contribution >= 4 is 0 Å². The van der Waals surface area contributed by atoms with Crippen LogP contribution in [0.5, 0.6) is 5.75 Å². The van der Waals surface area contributed by atoms with Crippen molar-refractivity contribution in [2.75, 3.05) is 6.61 Å². The van der Waals surface area contributed by atoms with Crippen LogP contribution in [0.1, 0.15) is 77.2 Å². The van der Waals surface area contributed by atoms with E-state index in [0.29, 0.717) is 24.5 Å². The molecule has 0 amide bonds. The summed E-state index contributed by atoms with van der Waals surface area (Å²) in [6.07, 6.45) is 11.5. The molecule has 1 nitrogen and oxygen atoms in total. The summed E-state index contributed by atoms with van der Waals surface area (Å²) < 4.78 is 33.6. The van der Waals surface area contributed by atoms with Gasteiger partial charge in [0.2, 0.25) is 5.82 Å². The zero-order valence-electron chi connectivity index (χ0n) is 15.3. The third-order valence-electron chi connectivity index (χ3n) is 5.30. The van der Waals surface area contributed by atoms with Crippen LogP contribution in [0.25, 0.3) is 0 Å². The molecule has 0 atom stereocenters. The minimum atomic E-state index is -0.825. The predicted molar refractivity (Wildman–Crippen MR) is 95.4 cm³/mol. The molecule has 136 valence electrons. The Labute approximate surface area is 145 Å². The van der Waals surface area contributed by atoms with E-state index >= 15 is 0 Å². The molecule has 1 aromatic rings. The molecule has 24 heavy (non-hydrogen) atoms. The van der Waals surface area contributed by atoms with Crippen LogP contribution >= 0.6 is 0 Å². The number of hydrogen-bond donors (Lipinski definition) is 0. The Morgan fingerprint density at radius 3 is 2.29 bits per heavy atom. The average molecular weight is 338 g/mol. The SMILES string of the molecule is CCCCC[C@H]1CC[C@H](COc2ccc(CCC)c(F)c2F)CC1. The van der Waals surface area contributed by atoms with Crippen LogP contribution in [-0.4, -0.2) is 6.61 Å². The first-order valence-electron chi connectivity index (χ1n) is 9.75. The molecule has 1 aliphatic carbocycles. The van der Waals surface area contributed by atoms with Crippen molar-refractivity contribution in [1.82, 2.24) is 0 Å². The lowest BCUT2D eigenvalue weighted by Gasteiger charge is -2.28. The molecular formula is C21H32F2O. The lowest BCUT2D eigenvalue weighted by Crippen LogP contribution is -2.20. The fourth-order valence-electron chi connectivity index (χ4n) is 3.72. The minimum absolute atomic E-state index is 0.0671. The summed E-state index contributed by atoms with van der Waals surface area (Å²) in [6.45, 7) is 4.70. The highest BCUT2D eigenvalue weighted by molar-refractivity contribution is 5.31. The molecule has 0 saturated heterocycles. The maximum atomic E-state index is 14.1. The molecule has 0 aromatic heterocycles. The molecule has 2 rings (SSSR count). The predicted octanol–water partition coefficient (Wildman–Crippen LogP) is 6.68. The molecule has 1 aromatic carbocycles. The molecule has 0 aliphatic heterocycles. The Hall–Kier alpha value is -1.12. The Bertz CT molecular complexity index is 493. The number of unbranched alkanes of at least 4 members (excludes halogenated alkanes) is 2.